The molecule has 0 aliphatic rings. The van der Waals surface area contributed by atoms with Gasteiger partial charge in [-0.1, -0.05) is 30.3 Å². The summed E-state index contributed by atoms with van der Waals surface area (Å²) in [6.07, 6.45) is -1.47. The van der Waals surface area contributed by atoms with Gasteiger partial charge < -0.3 is 20.9 Å². The van der Waals surface area contributed by atoms with Crippen molar-refractivity contribution < 1.29 is 24.2 Å². The Hall–Kier alpha value is -2.71. The van der Waals surface area contributed by atoms with Crippen molar-refractivity contribution in [3.05, 3.63) is 52.9 Å². The van der Waals surface area contributed by atoms with Crippen molar-refractivity contribution in [2.45, 2.75) is 6.10 Å². The molecule has 1 heterocycles. The lowest BCUT2D eigenvalue weighted by Crippen LogP contribution is -2.24. The summed E-state index contributed by atoms with van der Waals surface area (Å²) >= 11 is 1.12. The first-order valence-corrected chi connectivity index (χ1v) is 7.44. The van der Waals surface area contributed by atoms with Crippen LogP contribution >= 0.6 is 11.3 Å². The standard InChI is InChI=1S/C15H14N2O5S/c16-13(20)10-6-7-23-14(10)17-11(18)8-22-15(21)12(19)9-4-2-1-3-5-9/h1-7,12,19H,8H2,(H2,16,20)(H,17,18)/t12-/m0/s1. The molecular formula is C15H14N2O5S. The Morgan fingerprint density at radius 3 is 2.57 bits per heavy atom. The van der Waals surface area contributed by atoms with Gasteiger partial charge in [-0.3, -0.25) is 9.59 Å². The van der Waals surface area contributed by atoms with Crippen LogP contribution in [0.25, 0.3) is 0 Å². The minimum atomic E-state index is -1.47. The van der Waals surface area contributed by atoms with Crippen LogP contribution in [-0.2, 0) is 14.3 Å². The Labute approximate surface area is 135 Å². The maximum atomic E-state index is 11.7. The summed E-state index contributed by atoms with van der Waals surface area (Å²) in [7, 11) is 0. The number of carbonyl (C=O) groups is 3. The highest BCUT2D eigenvalue weighted by molar-refractivity contribution is 7.14. The van der Waals surface area contributed by atoms with Gasteiger partial charge in [0.15, 0.2) is 12.7 Å². The number of thiophene rings is 1. The van der Waals surface area contributed by atoms with E-state index in [-0.39, 0.29) is 10.6 Å². The number of nitrogens with one attached hydrogen (secondary N) is 1. The van der Waals surface area contributed by atoms with E-state index in [9.17, 15) is 19.5 Å². The van der Waals surface area contributed by atoms with E-state index in [1.165, 1.54) is 6.07 Å². The van der Waals surface area contributed by atoms with Gasteiger partial charge in [-0.25, -0.2) is 4.79 Å². The zero-order valence-corrected chi connectivity index (χ0v) is 12.7. The van der Waals surface area contributed by atoms with Gasteiger partial charge in [-0.05, 0) is 17.0 Å². The van der Waals surface area contributed by atoms with E-state index in [1.54, 1.807) is 35.7 Å². The summed E-state index contributed by atoms with van der Waals surface area (Å²) in [5.41, 5.74) is 5.71. The molecule has 0 aliphatic heterocycles. The van der Waals surface area contributed by atoms with E-state index in [0.717, 1.165) is 11.3 Å². The van der Waals surface area contributed by atoms with E-state index in [0.29, 0.717) is 5.56 Å². The number of hydrogen-bond donors (Lipinski definition) is 3. The van der Waals surface area contributed by atoms with Gasteiger partial charge in [0.25, 0.3) is 11.8 Å². The number of anilines is 1. The highest BCUT2D eigenvalue weighted by atomic mass is 32.1. The smallest absolute Gasteiger partial charge is 0.340 e. The van der Waals surface area contributed by atoms with Crippen molar-refractivity contribution in [1.82, 2.24) is 0 Å². The summed E-state index contributed by atoms with van der Waals surface area (Å²) in [6, 6.07) is 9.69. The number of carbonyl (C=O) groups excluding carboxylic acids is 3. The molecule has 0 unspecified atom stereocenters. The van der Waals surface area contributed by atoms with Crippen molar-refractivity contribution in [2.75, 3.05) is 11.9 Å². The molecule has 4 N–H and O–H groups in total. The molecular weight excluding hydrogens is 320 g/mol. The number of esters is 1. The number of aliphatic hydroxyl groups is 1. The first-order valence-electron chi connectivity index (χ1n) is 6.56. The second-order valence-corrected chi connectivity index (χ2v) is 5.41. The molecule has 2 rings (SSSR count). The molecule has 0 aliphatic carbocycles. The highest BCUT2D eigenvalue weighted by Gasteiger charge is 2.20. The van der Waals surface area contributed by atoms with Crippen LogP contribution in [0.4, 0.5) is 5.00 Å². The van der Waals surface area contributed by atoms with Crippen molar-refractivity contribution in [3.63, 3.8) is 0 Å². The van der Waals surface area contributed by atoms with Crippen LogP contribution in [-0.4, -0.2) is 29.5 Å². The van der Waals surface area contributed by atoms with Gasteiger partial charge in [0, 0.05) is 0 Å². The average molecular weight is 334 g/mol. The van der Waals surface area contributed by atoms with Crippen molar-refractivity contribution in [2.24, 2.45) is 5.73 Å². The van der Waals surface area contributed by atoms with E-state index in [1.807, 2.05) is 0 Å². The van der Waals surface area contributed by atoms with Crippen molar-refractivity contribution in [3.8, 4) is 0 Å². The molecule has 8 heteroatoms. The van der Waals surface area contributed by atoms with Crippen LogP contribution < -0.4 is 11.1 Å². The predicted octanol–water partition coefficient (Wildman–Crippen LogP) is 1.06. The molecule has 120 valence electrons. The van der Waals surface area contributed by atoms with Gasteiger partial charge in [0.05, 0.1) is 5.56 Å². The zero-order valence-electron chi connectivity index (χ0n) is 11.9. The third-order valence-electron chi connectivity index (χ3n) is 2.87. The number of ether oxygens (including phenoxy) is 1. The van der Waals surface area contributed by atoms with E-state index in [4.69, 9.17) is 10.5 Å². The maximum Gasteiger partial charge on any atom is 0.340 e. The fourth-order valence-corrected chi connectivity index (χ4v) is 2.56. The topological polar surface area (TPSA) is 119 Å². The molecule has 0 saturated heterocycles. The number of amides is 2. The van der Waals surface area contributed by atoms with Crippen LogP contribution in [0.2, 0.25) is 0 Å². The summed E-state index contributed by atoms with van der Waals surface area (Å²) in [5.74, 6) is -2.24. The summed E-state index contributed by atoms with van der Waals surface area (Å²) in [4.78, 5) is 34.6. The number of rotatable bonds is 6. The normalized spacial score (nSPS) is 11.5. The monoisotopic (exact) mass is 334 g/mol. The largest absolute Gasteiger partial charge is 0.453 e. The Kier molecular flexibility index (Phi) is 5.45. The molecule has 2 amide bonds. The van der Waals surface area contributed by atoms with Gasteiger partial charge in [-0.15, -0.1) is 11.3 Å². The number of benzene rings is 1. The minimum Gasteiger partial charge on any atom is -0.453 e. The Balaban J connectivity index is 1.88. The number of aliphatic hydroxyl groups excluding tert-OH is 1. The summed E-state index contributed by atoms with van der Waals surface area (Å²) in [6.45, 7) is -0.584. The van der Waals surface area contributed by atoms with E-state index in [2.05, 4.69) is 5.32 Å². The van der Waals surface area contributed by atoms with Crippen LogP contribution in [0.5, 0.6) is 0 Å². The summed E-state index contributed by atoms with van der Waals surface area (Å²) < 4.78 is 4.76. The molecule has 0 fully saturated rings. The second kappa shape index (κ2) is 7.52. The molecule has 0 spiro atoms. The third-order valence-corrected chi connectivity index (χ3v) is 3.70. The molecule has 23 heavy (non-hydrogen) atoms. The maximum absolute atomic E-state index is 11.7. The van der Waals surface area contributed by atoms with Gasteiger partial charge >= 0.3 is 5.97 Å². The number of nitrogens with two attached hydrogens (primary N) is 1. The number of primary amides is 1. The molecule has 0 bridgehead atoms. The second-order valence-electron chi connectivity index (χ2n) is 4.50. The van der Waals surface area contributed by atoms with Crippen LogP contribution in [0.15, 0.2) is 41.8 Å². The lowest BCUT2D eigenvalue weighted by molar-refractivity contribution is -0.156. The lowest BCUT2D eigenvalue weighted by Gasteiger charge is -2.11. The van der Waals surface area contributed by atoms with Gasteiger partial charge in [0.1, 0.15) is 5.00 Å². The Bertz CT molecular complexity index is 714. The molecule has 7 nitrogen and oxygen atoms in total. The molecule has 1 aromatic heterocycles. The quantitative estimate of drug-likeness (QED) is 0.683. The van der Waals surface area contributed by atoms with Crippen LogP contribution in [0.3, 0.4) is 0 Å². The minimum absolute atomic E-state index is 0.180. The first-order chi connectivity index (χ1) is 11.0. The van der Waals surface area contributed by atoms with E-state index >= 15 is 0 Å². The Morgan fingerprint density at radius 2 is 1.91 bits per heavy atom. The molecule has 1 atom stereocenters. The lowest BCUT2D eigenvalue weighted by atomic mass is 10.1. The fourth-order valence-electron chi connectivity index (χ4n) is 1.75. The number of hydrogen-bond acceptors (Lipinski definition) is 6. The Morgan fingerprint density at radius 1 is 1.22 bits per heavy atom. The summed E-state index contributed by atoms with van der Waals surface area (Å²) in [5, 5.41) is 14.1. The van der Waals surface area contributed by atoms with Crippen LogP contribution in [0.1, 0.15) is 22.0 Å². The zero-order chi connectivity index (χ0) is 16.8. The van der Waals surface area contributed by atoms with Crippen molar-refractivity contribution in [1.29, 1.82) is 0 Å². The molecule has 0 radical (unpaired) electrons. The highest BCUT2D eigenvalue weighted by Crippen LogP contribution is 2.22. The van der Waals surface area contributed by atoms with Gasteiger partial charge in [0.2, 0.25) is 0 Å². The molecule has 0 saturated carbocycles. The SMILES string of the molecule is NC(=O)c1ccsc1NC(=O)COC(=O)[C@@H](O)c1ccccc1. The van der Waals surface area contributed by atoms with Crippen molar-refractivity contribution >= 4 is 34.1 Å². The third kappa shape index (κ3) is 4.38. The molecule has 2 aromatic rings. The predicted molar refractivity (Wildman–Crippen MR) is 83.8 cm³/mol. The first kappa shape index (κ1) is 16.7. The van der Waals surface area contributed by atoms with Gasteiger partial charge in [-0.2, -0.15) is 0 Å². The average Bonchev–Trinajstić information content (AvgIpc) is 3.01. The van der Waals surface area contributed by atoms with E-state index < -0.39 is 30.5 Å². The fraction of sp³-hybridized carbons (Fsp3) is 0.133. The van der Waals surface area contributed by atoms with Crippen LogP contribution in [0, 0.1) is 0 Å². The molecule has 1 aromatic carbocycles.